The molecule has 0 heterocycles. The predicted molar refractivity (Wildman–Crippen MR) is 68.8 cm³/mol. The molecule has 19 heavy (non-hydrogen) atoms. The molecule has 0 aromatic heterocycles. The molecule has 1 N–H and O–H groups in total. The molecule has 0 saturated carbocycles. The van der Waals surface area contributed by atoms with Crippen molar-refractivity contribution in [3.63, 3.8) is 0 Å². The van der Waals surface area contributed by atoms with Gasteiger partial charge < -0.3 is 9.47 Å². The van der Waals surface area contributed by atoms with Gasteiger partial charge in [-0.1, -0.05) is 0 Å². The predicted octanol–water partition coefficient (Wildman–Crippen LogP) is -0.183. The number of thiol groups is 1. The van der Waals surface area contributed by atoms with E-state index in [-0.39, 0.29) is 46.4 Å². The van der Waals surface area contributed by atoms with Gasteiger partial charge in [-0.2, -0.15) is 0 Å². The van der Waals surface area contributed by atoms with E-state index in [4.69, 9.17) is 0 Å². The maximum absolute atomic E-state index is 11.4. The summed E-state index contributed by atoms with van der Waals surface area (Å²) in [6, 6.07) is 3.76. The Kier molecular flexibility index (Phi) is 7.69. The molecule has 0 bridgehead atoms. The van der Waals surface area contributed by atoms with Crippen LogP contribution in [0.15, 0.2) is 18.2 Å². The van der Waals surface area contributed by atoms with Crippen LogP contribution >= 0.6 is 0 Å². The molecule has 1 rings (SSSR count). The van der Waals surface area contributed by atoms with E-state index in [1.54, 1.807) is 0 Å². The largest absolute Gasteiger partial charge is 0.465 e. The van der Waals surface area contributed by atoms with Gasteiger partial charge in [0.15, 0.2) is 0 Å². The van der Waals surface area contributed by atoms with Gasteiger partial charge in [0.25, 0.3) is 0 Å². The van der Waals surface area contributed by atoms with Gasteiger partial charge in [0.2, 0.25) is 10.9 Å². The number of carbonyl (C=O) groups excluding carboxylic acids is 2. The molecule has 0 unspecified atom stereocenters. The second-order valence-electron chi connectivity index (χ2n) is 3.15. The number of carbonyl (C=O) groups is 2. The first-order valence-electron chi connectivity index (χ1n) is 4.70. The van der Waals surface area contributed by atoms with E-state index in [0.29, 0.717) is 0 Å². The molecule has 0 amide bonds. The van der Waals surface area contributed by atoms with Crippen molar-refractivity contribution in [2.45, 2.75) is 0 Å². The Bertz CT molecular complexity index is 515. The maximum atomic E-state index is 11.4. The average molecular weight is 296 g/mol. The van der Waals surface area contributed by atoms with Crippen LogP contribution in [0.2, 0.25) is 0 Å². The number of ether oxygens (including phenoxy) is 2. The SMILES string of the molecule is COC(=O)c1cc(N[SH](=O)=O)cc(C(=O)OC)c1.[Na]. The van der Waals surface area contributed by atoms with Gasteiger partial charge >= 0.3 is 11.9 Å². The summed E-state index contributed by atoms with van der Waals surface area (Å²) in [5.41, 5.74) is 0.161. The van der Waals surface area contributed by atoms with Gasteiger partial charge in [-0.15, -0.1) is 0 Å². The van der Waals surface area contributed by atoms with Crippen LogP contribution < -0.4 is 4.72 Å². The van der Waals surface area contributed by atoms with E-state index < -0.39 is 22.8 Å². The number of anilines is 1. The van der Waals surface area contributed by atoms with E-state index in [2.05, 4.69) is 14.2 Å². The normalized spacial score (nSPS) is 9.42. The maximum Gasteiger partial charge on any atom is 0.337 e. The topological polar surface area (TPSA) is 98.8 Å². The van der Waals surface area contributed by atoms with E-state index in [1.807, 2.05) is 0 Å². The zero-order chi connectivity index (χ0) is 13.7. The Hall–Kier alpha value is -1.09. The van der Waals surface area contributed by atoms with E-state index in [0.717, 1.165) is 0 Å². The van der Waals surface area contributed by atoms with Gasteiger partial charge in [-0.25, -0.2) is 18.0 Å². The summed E-state index contributed by atoms with van der Waals surface area (Å²) >= 11 is 0. The summed E-state index contributed by atoms with van der Waals surface area (Å²) in [5, 5.41) is 0. The third-order valence-electron chi connectivity index (χ3n) is 2.00. The van der Waals surface area contributed by atoms with Crippen molar-refractivity contribution in [3.8, 4) is 0 Å². The number of methoxy groups -OCH3 is 2. The molecule has 0 spiro atoms. The van der Waals surface area contributed by atoms with Crippen LogP contribution in [-0.4, -0.2) is 64.1 Å². The summed E-state index contributed by atoms with van der Waals surface area (Å²) < 4.78 is 32.2. The summed E-state index contributed by atoms with van der Waals surface area (Å²) in [6.07, 6.45) is 0. The van der Waals surface area contributed by atoms with Gasteiger partial charge in [0, 0.05) is 35.2 Å². The van der Waals surface area contributed by atoms with Crippen LogP contribution in [0, 0.1) is 0 Å². The molecule has 0 aliphatic carbocycles. The molecule has 99 valence electrons. The van der Waals surface area contributed by atoms with Crippen molar-refractivity contribution in [1.82, 2.24) is 0 Å². The third-order valence-corrected chi connectivity index (χ3v) is 2.44. The molecule has 1 aromatic carbocycles. The van der Waals surface area contributed by atoms with Crippen LogP contribution in [0.3, 0.4) is 0 Å². The van der Waals surface area contributed by atoms with Crippen LogP contribution in [-0.2, 0) is 20.4 Å². The third kappa shape index (κ3) is 5.19. The minimum atomic E-state index is -2.90. The first-order valence-corrected chi connectivity index (χ1v) is 5.88. The summed E-state index contributed by atoms with van der Waals surface area (Å²) in [4.78, 5) is 22.7. The van der Waals surface area contributed by atoms with E-state index in [1.165, 1.54) is 32.4 Å². The number of nitrogens with one attached hydrogen (secondary N) is 1. The fourth-order valence-electron chi connectivity index (χ4n) is 1.27. The molecule has 1 radical (unpaired) electrons. The second-order valence-corrected chi connectivity index (χ2v) is 3.89. The molecule has 0 atom stereocenters. The van der Waals surface area contributed by atoms with Crippen LogP contribution in [0.1, 0.15) is 20.7 Å². The smallest absolute Gasteiger partial charge is 0.337 e. The zero-order valence-electron chi connectivity index (χ0n) is 10.6. The Morgan fingerprint density at radius 3 is 1.74 bits per heavy atom. The summed E-state index contributed by atoms with van der Waals surface area (Å²) in [7, 11) is -0.553. The first kappa shape index (κ1) is 17.9. The van der Waals surface area contributed by atoms with Crippen molar-refractivity contribution >= 4 is 58.1 Å². The minimum Gasteiger partial charge on any atom is -0.465 e. The number of benzene rings is 1. The van der Waals surface area contributed by atoms with Crippen molar-refractivity contribution in [2.24, 2.45) is 0 Å². The number of hydrogen-bond donors (Lipinski definition) is 2. The monoisotopic (exact) mass is 296 g/mol. The number of rotatable bonds is 4. The Labute approximate surface area is 133 Å². The molecule has 0 aliphatic heterocycles. The van der Waals surface area contributed by atoms with Crippen molar-refractivity contribution < 1.29 is 27.5 Å². The Morgan fingerprint density at radius 2 is 1.42 bits per heavy atom. The summed E-state index contributed by atoms with van der Waals surface area (Å²) in [5.74, 6) is -1.38. The average Bonchev–Trinajstić information content (AvgIpc) is 2.35. The minimum absolute atomic E-state index is 0. The van der Waals surface area contributed by atoms with Crippen LogP contribution in [0.4, 0.5) is 5.69 Å². The molecular weight excluding hydrogens is 285 g/mol. The van der Waals surface area contributed by atoms with Gasteiger partial charge in [0.1, 0.15) is 0 Å². The molecule has 7 nitrogen and oxygen atoms in total. The van der Waals surface area contributed by atoms with E-state index in [9.17, 15) is 18.0 Å². The molecule has 0 saturated heterocycles. The van der Waals surface area contributed by atoms with Crippen molar-refractivity contribution in [2.75, 3.05) is 18.9 Å². The molecule has 1 aromatic rings. The molecule has 0 fully saturated rings. The summed E-state index contributed by atoms with van der Waals surface area (Å²) in [6.45, 7) is 0. The Morgan fingerprint density at radius 1 is 1.00 bits per heavy atom. The van der Waals surface area contributed by atoms with Crippen LogP contribution in [0.25, 0.3) is 0 Å². The molecule has 9 heteroatoms. The van der Waals surface area contributed by atoms with E-state index >= 15 is 0 Å². The van der Waals surface area contributed by atoms with Crippen molar-refractivity contribution in [1.29, 1.82) is 0 Å². The first-order chi connectivity index (χ1) is 8.47. The number of hydrogen-bond acceptors (Lipinski definition) is 6. The fourth-order valence-corrected chi connectivity index (χ4v) is 1.61. The quantitative estimate of drug-likeness (QED) is 0.454. The van der Waals surface area contributed by atoms with Gasteiger partial charge in [-0.05, 0) is 18.2 Å². The fraction of sp³-hybridized carbons (Fsp3) is 0.200. The standard InChI is InChI=1S/C10H11NO6S.Na/c1-16-9(12)6-3-7(10(13)17-2)5-8(4-6)11-18(14)15;/h3-5,18H,1-2H3,(H,11,14,15);. The number of esters is 2. The molecular formula is C10H11NNaO6S. The van der Waals surface area contributed by atoms with Gasteiger partial charge in [0.05, 0.1) is 25.3 Å². The molecule has 0 aliphatic rings. The van der Waals surface area contributed by atoms with Crippen LogP contribution in [0.5, 0.6) is 0 Å². The Balaban J connectivity index is 0.00000324. The second kappa shape index (κ2) is 8.16. The zero-order valence-corrected chi connectivity index (χ0v) is 13.5. The van der Waals surface area contributed by atoms with Crippen molar-refractivity contribution in [3.05, 3.63) is 29.3 Å². The van der Waals surface area contributed by atoms with Gasteiger partial charge in [-0.3, -0.25) is 4.72 Å².